The second-order valence-electron chi connectivity index (χ2n) is 6.84. The minimum absolute atomic E-state index is 0.0657. The number of nitrogens with two attached hydrogens (primary N) is 1. The van der Waals surface area contributed by atoms with Crippen molar-refractivity contribution in [1.82, 2.24) is 0 Å². The van der Waals surface area contributed by atoms with Gasteiger partial charge in [-0.05, 0) is 54.3 Å². The van der Waals surface area contributed by atoms with Gasteiger partial charge in [0.15, 0.2) is 6.61 Å². The number of aryl methyl sites for hydroxylation is 2. The highest BCUT2D eigenvalue weighted by molar-refractivity contribution is 7.89. The molecule has 31 heavy (non-hydrogen) atoms. The Hall–Kier alpha value is -3.49. The van der Waals surface area contributed by atoms with Crippen LogP contribution in [0.3, 0.4) is 0 Å². The summed E-state index contributed by atoms with van der Waals surface area (Å²) in [4.78, 5) is 24.5. The molecule has 0 heterocycles. The first-order valence-electron chi connectivity index (χ1n) is 9.54. The van der Waals surface area contributed by atoms with Crippen LogP contribution in [-0.4, -0.2) is 26.9 Å². The normalized spacial score (nSPS) is 11.0. The van der Waals surface area contributed by atoms with E-state index in [1.807, 2.05) is 42.5 Å². The van der Waals surface area contributed by atoms with E-state index >= 15 is 0 Å². The minimum Gasteiger partial charge on any atom is -0.452 e. The van der Waals surface area contributed by atoms with Gasteiger partial charge >= 0.3 is 5.97 Å². The minimum atomic E-state index is -3.81. The monoisotopic (exact) mass is 438 g/mol. The third-order valence-corrected chi connectivity index (χ3v) is 5.49. The SMILES string of the molecule is NS(=O)(=O)c1ccc(NC(=O)COC(=O)c2ccccc2CCc2ccccc2)cc1. The van der Waals surface area contributed by atoms with Crippen molar-refractivity contribution in [2.45, 2.75) is 17.7 Å². The third-order valence-electron chi connectivity index (χ3n) is 4.56. The molecule has 0 radical (unpaired) electrons. The molecule has 0 fully saturated rings. The number of nitrogens with one attached hydrogen (secondary N) is 1. The number of carbonyl (C=O) groups is 2. The first-order chi connectivity index (χ1) is 14.8. The maximum Gasteiger partial charge on any atom is 0.338 e. The van der Waals surface area contributed by atoms with E-state index in [0.717, 1.165) is 12.0 Å². The lowest BCUT2D eigenvalue weighted by Gasteiger charge is -2.10. The van der Waals surface area contributed by atoms with Crippen LogP contribution in [0.1, 0.15) is 21.5 Å². The van der Waals surface area contributed by atoms with Gasteiger partial charge in [-0.15, -0.1) is 0 Å². The third kappa shape index (κ3) is 6.50. The van der Waals surface area contributed by atoms with Gasteiger partial charge < -0.3 is 10.1 Å². The Labute approximate surface area is 180 Å². The smallest absolute Gasteiger partial charge is 0.338 e. The lowest BCUT2D eigenvalue weighted by Crippen LogP contribution is -2.21. The number of esters is 1. The number of anilines is 1. The van der Waals surface area contributed by atoms with Crippen LogP contribution in [0.25, 0.3) is 0 Å². The molecule has 0 aliphatic rings. The molecule has 0 unspecified atom stereocenters. The molecule has 0 spiro atoms. The zero-order chi connectivity index (χ0) is 22.3. The van der Waals surface area contributed by atoms with Crippen LogP contribution >= 0.6 is 0 Å². The van der Waals surface area contributed by atoms with Crippen LogP contribution in [0.2, 0.25) is 0 Å². The molecule has 8 heteroatoms. The Morgan fingerprint density at radius 1 is 0.839 bits per heavy atom. The number of rotatable bonds is 8. The van der Waals surface area contributed by atoms with Crippen LogP contribution in [0.15, 0.2) is 83.8 Å². The molecule has 7 nitrogen and oxygen atoms in total. The highest BCUT2D eigenvalue weighted by atomic mass is 32.2. The first kappa shape index (κ1) is 22.2. The summed E-state index contributed by atoms with van der Waals surface area (Å²) >= 11 is 0. The maximum absolute atomic E-state index is 12.5. The zero-order valence-corrected chi connectivity index (χ0v) is 17.5. The molecule has 1 amide bonds. The lowest BCUT2D eigenvalue weighted by atomic mass is 10.00. The highest BCUT2D eigenvalue weighted by Gasteiger charge is 2.15. The summed E-state index contributed by atoms with van der Waals surface area (Å²) in [5.74, 6) is -1.12. The van der Waals surface area contributed by atoms with Gasteiger partial charge in [0.25, 0.3) is 5.91 Å². The van der Waals surface area contributed by atoms with Crippen molar-refractivity contribution in [3.63, 3.8) is 0 Å². The molecule has 0 saturated carbocycles. The summed E-state index contributed by atoms with van der Waals surface area (Å²) < 4.78 is 27.7. The summed E-state index contributed by atoms with van der Waals surface area (Å²) in [6.45, 7) is -0.469. The molecule has 3 N–H and O–H groups in total. The van der Waals surface area contributed by atoms with Gasteiger partial charge in [-0.1, -0.05) is 48.5 Å². The van der Waals surface area contributed by atoms with Crippen molar-refractivity contribution >= 4 is 27.6 Å². The van der Waals surface area contributed by atoms with Crippen molar-refractivity contribution in [2.75, 3.05) is 11.9 Å². The maximum atomic E-state index is 12.5. The Bertz CT molecular complexity index is 1160. The van der Waals surface area contributed by atoms with Gasteiger partial charge in [-0.25, -0.2) is 18.4 Å². The molecule has 0 saturated heterocycles. The van der Waals surface area contributed by atoms with E-state index in [2.05, 4.69) is 5.32 Å². The van der Waals surface area contributed by atoms with E-state index in [-0.39, 0.29) is 4.90 Å². The second kappa shape index (κ2) is 10.0. The topological polar surface area (TPSA) is 116 Å². The van der Waals surface area contributed by atoms with Crippen LogP contribution < -0.4 is 10.5 Å². The fourth-order valence-corrected chi connectivity index (χ4v) is 3.51. The summed E-state index contributed by atoms with van der Waals surface area (Å²) in [6.07, 6.45) is 1.44. The molecular formula is C23H22N2O5S. The van der Waals surface area contributed by atoms with E-state index in [4.69, 9.17) is 9.88 Å². The first-order valence-corrected chi connectivity index (χ1v) is 11.1. The summed E-state index contributed by atoms with van der Waals surface area (Å²) in [5.41, 5.74) is 2.79. The predicted molar refractivity (Wildman–Crippen MR) is 117 cm³/mol. The van der Waals surface area contributed by atoms with Gasteiger partial charge in [-0.2, -0.15) is 0 Å². The number of primary sulfonamides is 1. The van der Waals surface area contributed by atoms with Crippen molar-refractivity contribution in [3.05, 3.63) is 95.6 Å². The van der Waals surface area contributed by atoms with Crippen molar-refractivity contribution in [3.8, 4) is 0 Å². The number of carbonyl (C=O) groups excluding carboxylic acids is 2. The molecule has 3 aromatic rings. The lowest BCUT2D eigenvalue weighted by molar-refractivity contribution is -0.119. The van der Waals surface area contributed by atoms with E-state index in [9.17, 15) is 18.0 Å². The molecule has 160 valence electrons. The van der Waals surface area contributed by atoms with Crippen LogP contribution in [0.5, 0.6) is 0 Å². The van der Waals surface area contributed by atoms with E-state index < -0.39 is 28.5 Å². The van der Waals surface area contributed by atoms with Crippen LogP contribution in [0, 0.1) is 0 Å². The molecule has 0 aliphatic heterocycles. The second-order valence-corrected chi connectivity index (χ2v) is 8.40. The number of hydrogen-bond acceptors (Lipinski definition) is 5. The van der Waals surface area contributed by atoms with Crippen molar-refractivity contribution in [1.29, 1.82) is 0 Å². The molecule has 3 rings (SSSR count). The zero-order valence-electron chi connectivity index (χ0n) is 16.7. The van der Waals surface area contributed by atoms with E-state index in [1.165, 1.54) is 29.8 Å². The average Bonchev–Trinajstić information content (AvgIpc) is 2.77. The van der Waals surface area contributed by atoms with E-state index in [1.54, 1.807) is 12.1 Å². The average molecular weight is 439 g/mol. The van der Waals surface area contributed by atoms with Crippen LogP contribution in [0.4, 0.5) is 5.69 Å². The Morgan fingerprint density at radius 3 is 2.16 bits per heavy atom. The molecular weight excluding hydrogens is 416 g/mol. The van der Waals surface area contributed by atoms with Gasteiger partial charge in [-0.3, -0.25) is 4.79 Å². The van der Waals surface area contributed by atoms with Gasteiger partial charge in [0, 0.05) is 5.69 Å². The molecule has 0 aliphatic carbocycles. The molecule has 0 aromatic heterocycles. The standard InChI is InChI=1S/C23H22N2O5S/c24-31(28,29)20-14-12-19(13-15-20)25-22(26)16-30-23(27)21-9-5-4-8-18(21)11-10-17-6-2-1-3-7-17/h1-9,12-15H,10-11,16H2,(H,25,26)(H2,24,28,29). The summed E-state index contributed by atoms with van der Waals surface area (Å²) in [7, 11) is -3.81. The van der Waals surface area contributed by atoms with Crippen molar-refractivity contribution in [2.24, 2.45) is 5.14 Å². The summed E-state index contributed by atoms with van der Waals surface area (Å²) in [6, 6.07) is 22.4. The fraction of sp³-hybridized carbons (Fsp3) is 0.130. The van der Waals surface area contributed by atoms with Gasteiger partial charge in [0.05, 0.1) is 10.5 Å². The fourth-order valence-electron chi connectivity index (χ4n) is 2.99. The van der Waals surface area contributed by atoms with Crippen LogP contribution in [-0.2, 0) is 32.4 Å². The number of benzene rings is 3. The highest BCUT2D eigenvalue weighted by Crippen LogP contribution is 2.15. The summed E-state index contributed by atoms with van der Waals surface area (Å²) in [5, 5.41) is 7.58. The number of amides is 1. The number of sulfonamides is 1. The quantitative estimate of drug-likeness (QED) is 0.525. The Balaban J connectivity index is 1.56. The largest absolute Gasteiger partial charge is 0.452 e. The number of ether oxygens (including phenoxy) is 1. The Morgan fingerprint density at radius 2 is 1.48 bits per heavy atom. The molecule has 3 aromatic carbocycles. The van der Waals surface area contributed by atoms with Gasteiger partial charge in [0.2, 0.25) is 10.0 Å². The van der Waals surface area contributed by atoms with E-state index in [0.29, 0.717) is 17.7 Å². The predicted octanol–water partition coefficient (Wildman–Crippen LogP) is 2.91. The van der Waals surface area contributed by atoms with Crippen molar-refractivity contribution < 1.29 is 22.7 Å². The number of hydrogen-bond donors (Lipinski definition) is 2. The van der Waals surface area contributed by atoms with Gasteiger partial charge in [0.1, 0.15) is 0 Å². The molecule has 0 atom stereocenters. The Kier molecular flexibility index (Phi) is 7.17. The molecule has 0 bridgehead atoms.